The fraction of sp³-hybridized carbons (Fsp3) is 0.353. The van der Waals surface area contributed by atoms with Crippen molar-refractivity contribution >= 4 is 11.8 Å². The predicted octanol–water partition coefficient (Wildman–Crippen LogP) is 1.85. The lowest BCUT2D eigenvalue weighted by Crippen LogP contribution is -2.37. The third-order valence-corrected chi connectivity index (χ3v) is 4.10. The molecule has 0 unspecified atom stereocenters. The molecule has 3 rings (SSSR count). The first-order valence-corrected chi connectivity index (χ1v) is 7.91. The van der Waals surface area contributed by atoms with Crippen molar-refractivity contribution in [3.63, 3.8) is 0 Å². The Morgan fingerprint density at radius 1 is 1.08 bits per heavy atom. The van der Waals surface area contributed by atoms with Crippen LogP contribution in [0.25, 0.3) is 0 Å². The Balaban J connectivity index is 1.68. The highest BCUT2D eigenvalue weighted by Crippen LogP contribution is 2.14. The van der Waals surface area contributed by atoms with Gasteiger partial charge in [-0.05, 0) is 31.5 Å². The summed E-state index contributed by atoms with van der Waals surface area (Å²) in [6.07, 6.45) is 0.648. The van der Waals surface area contributed by atoms with E-state index in [1.54, 1.807) is 28.0 Å². The molecule has 0 bridgehead atoms. The summed E-state index contributed by atoms with van der Waals surface area (Å²) in [5.74, 6) is -1.01. The van der Waals surface area contributed by atoms with Crippen molar-refractivity contribution in [3.05, 3.63) is 53.1 Å². The molecule has 2 heterocycles. The van der Waals surface area contributed by atoms with Crippen molar-refractivity contribution < 1.29 is 14.0 Å². The Bertz CT molecular complexity index is 759. The number of aryl methyl sites for hydroxylation is 1. The number of nitrogens with zero attached hydrogens (tertiary/aromatic N) is 3. The van der Waals surface area contributed by atoms with E-state index in [1.165, 1.54) is 12.1 Å². The number of benzene rings is 1. The van der Waals surface area contributed by atoms with Gasteiger partial charge in [-0.1, -0.05) is 12.1 Å². The maximum atomic E-state index is 13.8. The zero-order valence-electron chi connectivity index (χ0n) is 13.5. The van der Waals surface area contributed by atoms with Crippen LogP contribution >= 0.6 is 0 Å². The minimum absolute atomic E-state index is 0.0696. The number of nitrogens with one attached hydrogen (secondary N) is 1. The van der Waals surface area contributed by atoms with Crippen molar-refractivity contribution in [2.75, 3.05) is 26.2 Å². The smallest absolute Gasteiger partial charge is 0.274 e. The van der Waals surface area contributed by atoms with E-state index in [-0.39, 0.29) is 17.4 Å². The third kappa shape index (κ3) is 3.29. The number of hydrogen-bond acceptors (Lipinski definition) is 3. The normalized spacial score (nSPS) is 15.2. The number of halogens is 1. The topological polar surface area (TPSA) is 69.3 Å². The minimum atomic E-state index is -0.522. The van der Waals surface area contributed by atoms with Crippen LogP contribution in [0, 0.1) is 12.7 Å². The van der Waals surface area contributed by atoms with Gasteiger partial charge in [-0.2, -0.15) is 5.10 Å². The Morgan fingerprint density at radius 2 is 1.75 bits per heavy atom. The number of rotatable bonds is 2. The first-order valence-electron chi connectivity index (χ1n) is 7.91. The number of aromatic nitrogens is 2. The van der Waals surface area contributed by atoms with Gasteiger partial charge in [0.1, 0.15) is 11.5 Å². The zero-order chi connectivity index (χ0) is 17.1. The quantitative estimate of drug-likeness (QED) is 0.913. The molecule has 1 fully saturated rings. The third-order valence-electron chi connectivity index (χ3n) is 4.10. The van der Waals surface area contributed by atoms with Crippen LogP contribution in [0.4, 0.5) is 4.39 Å². The maximum absolute atomic E-state index is 13.8. The van der Waals surface area contributed by atoms with Crippen LogP contribution in [0.1, 0.15) is 33.0 Å². The van der Waals surface area contributed by atoms with E-state index in [9.17, 15) is 14.0 Å². The summed E-state index contributed by atoms with van der Waals surface area (Å²) in [4.78, 5) is 28.2. The lowest BCUT2D eigenvalue weighted by atomic mass is 10.2. The first-order chi connectivity index (χ1) is 11.6. The van der Waals surface area contributed by atoms with Crippen molar-refractivity contribution in [1.29, 1.82) is 0 Å². The Morgan fingerprint density at radius 3 is 2.38 bits per heavy atom. The van der Waals surface area contributed by atoms with Crippen LogP contribution in [0.2, 0.25) is 0 Å². The summed E-state index contributed by atoms with van der Waals surface area (Å²) >= 11 is 0. The van der Waals surface area contributed by atoms with E-state index in [0.717, 1.165) is 5.69 Å². The number of carbonyl (C=O) groups excluding carboxylic acids is 2. The zero-order valence-corrected chi connectivity index (χ0v) is 13.5. The molecule has 0 saturated carbocycles. The van der Waals surface area contributed by atoms with Gasteiger partial charge in [-0.3, -0.25) is 14.7 Å². The first kappa shape index (κ1) is 16.2. The van der Waals surface area contributed by atoms with E-state index < -0.39 is 5.82 Å². The molecule has 1 saturated heterocycles. The Hall–Kier alpha value is -2.70. The van der Waals surface area contributed by atoms with Crippen LogP contribution in [-0.2, 0) is 0 Å². The number of amides is 2. The van der Waals surface area contributed by atoms with Crippen molar-refractivity contribution in [3.8, 4) is 0 Å². The van der Waals surface area contributed by atoms with Gasteiger partial charge in [0.25, 0.3) is 11.8 Å². The summed E-state index contributed by atoms with van der Waals surface area (Å²) in [6.45, 7) is 3.66. The molecule has 0 atom stereocenters. The average molecular weight is 330 g/mol. The van der Waals surface area contributed by atoms with Crippen molar-refractivity contribution in [1.82, 2.24) is 20.0 Å². The van der Waals surface area contributed by atoms with E-state index in [1.807, 2.05) is 6.92 Å². The van der Waals surface area contributed by atoms with Crippen LogP contribution in [0.5, 0.6) is 0 Å². The van der Waals surface area contributed by atoms with Crippen molar-refractivity contribution in [2.45, 2.75) is 13.3 Å². The molecule has 7 heteroatoms. The van der Waals surface area contributed by atoms with E-state index in [2.05, 4.69) is 10.2 Å². The van der Waals surface area contributed by atoms with Gasteiger partial charge in [0, 0.05) is 31.9 Å². The highest BCUT2D eigenvalue weighted by molar-refractivity contribution is 5.95. The predicted molar refractivity (Wildman–Crippen MR) is 86.1 cm³/mol. The molecular formula is C17H19FN4O2. The molecule has 2 aromatic rings. The lowest BCUT2D eigenvalue weighted by molar-refractivity contribution is 0.0713. The van der Waals surface area contributed by atoms with Gasteiger partial charge in [0.2, 0.25) is 0 Å². The highest BCUT2D eigenvalue weighted by Gasteiger charge is 2.25. The molecule has 1 N–H and O–H groups in total. The molecule has 2 amide bonds. The summed E-state index contributed by atoms with van der Waals surface area (Å²) < 4.78 is 13.8. The van der Waals surface area contributed by atoms with E-state index >= 15 is 0 Å². The fourth-order valence-corrected chi connectivity index (χ4v) is 2.82. The molecule has 126 valence electrons. The Labute approximate surface area is 139 Å². The molecule has 1 aromatic heterocycles. The average Bonchev–Trinajstić information content (AvgIpc) is 2.87. The minimum Gasteiger partial charge on any atom is -0.337 e. The van der Waals surface area contributed by atoms with Crippen LogP contribution in [-0.4, -0.2) is 58.0 Å². The summed E-state index contributed by atoms with van der Waals surface area (Å²) in [5, 5.41) is 6.74. The summed E-state index contributed by atoms with van der Waals surface area (Å²) in [5.41, 5.74) is 1.27. The molecule has 1 aromatic carbocycles. The molecule has 6 nitrogen and oxygen atoms in total. The van der Waals surface area contributed by atoms with E-state index in [4.69, 9.17) is 0 Å². The summed E-state index contributed by atoms with van der Waals surface area (Å²) in [7, 11) is 0. The number of carbonyl (C=O) groups is 2. The second-order valence-corrected chi connectivity index (χ2v) is 5.85. The molecule has 1 aliphatic heterocycles. The summed E-state index contributed by atoms with van der Waals surface area (Å²) in [6, 6.07) is 7.67. The highest BCUT2D eigenvalue weighted by atomic mass is 19.1. The van der Waals surface area contributed by atoms with Crippen LogP contribution in [0.3, 0.4) is 0 Å². The van der Waals surface area contributed by atoms with Gasteiger partial charge in [0.05, 0.1) is 5.56 Å². The van der Waals surface area contributed by atoms with Crippen molar-refractivity contribution in [2.24, 2.45) is 0 Å². The number of hydrogen-bond donors (Lipinski definition) is 1. The van der Waals surface area contributed by atoms with Gasteiger partial charge >= 0.3 is 0 Å². The van der Waals surface area contributed by atoms with E-state index in [0.29, 0.717) is 38.3 Å². The SMILES string of the molecule is Cc1cc(C(=O)N2CCCN(C(=O)c3ccccc3F)CC2)n[nH]1. The lowest BCUT2D eigenvalue weighted by Gasteiger charge is -2.22. The van der Waals surface area contributed by atoms with Gasteiger partial charge in [0.15, 0.2) is 0 Å². The largest absolute Gasteiger partial charge is 0.337 e. The molecular weight excluding hydrogens is 311 g/mol. The van der Waals surface area contributed by atoms with Crippen LogP contribution < -0.4 is 0 Å². The van der Waals surface area contributed by atoms with Gasteiger partial charge in [-0.25, -0.2) is 4.39 Å². The molecule has 24 heavy (non-hydrogen) atoms. The number of aromatic amines is 1. The molecule has 0 aliphatic carbocycles. The maximum Gasteiger partial charge on any atom is 0.274 e. The molecule has 0 radical (unpaired) electrons. The van der Waals surface area contributed by atoms with Gasteiger partial charge < -0.3 is 9.80 Å². The van der Waals surface area contributed by atoms with Gasteiger partial charge in [-0.15, -0.1) is 0 Å². The second kappa shape index (κ2) is 6.82. The molecule has 0 spiro atoms. The van der Waals surface area contributed by atoms with Crippen LogP contribution in [0.15, 0.2) is 30.3 Å². The fourth-order valence-electron chi connectivity index (χ4n) is 2.82. The standard InChI is InChI=1S/C17H19FN4O2/c1-12-11-15(20-19-12)17(24)22-8-4-7-21(9-10-22)16(23)13-5-2-3-6-14(13)18/h2-3,5-6,11H,4,7-10H2,1H3,(H,19,20). The monoisotopic (exact) mass is 330 g/mol. The Kier molecular flexibility index (Phi) is 4.59. The number of H-pyrrole nitrogens is 1. The second-order valence-electron chi connectivity index (χ2n) is 5.85. The molecule has 1 aliphatic rings.